The maximum atomic E-state index is 11.7. The zero-order valence-corrected chi connectivity index (χ0v) is 10.1. The predicted molar refractivity (Wildman–Crippen MR) is 73.7 cm³/mol. The third-order valence-electron chi connectivity index (χ3n) is 3.26. The lowest BCUT2D eigenvalue weighted by Gasteiger charge is -2.05. The van der Waals surface area contributed by atoms with Gasteiger partial charge in [0.1, 0.15) is 1.37 Å². The number of fused-ring (bicyclic) bond motifs is 1. The molecule has 0 atom stereocenters. The molecule has 3 aromatic rings. The van der Waals surface area contributed by atoms with Gasteiger partial charge in [0.2, 0.25) is 0 Å². The summed E-state index contributed by atoms with van der Waals surface area (Å²) in [4.78, 5) is 11.7. The largest absolute Gasteiger partial charge is 0.343 e. The van der Waals surface area contributed by atoms with Crippen LogP contribution in [0.5, 0.6) is 0 Å². The molecule has 3 rings (SSSR count). The Balaban J connectivity index is 2.44. The van der Waals surface area contributed by atoms with Crippen molar-refractivity contribution >= 4 is 17.2 Å². The lowest BCUT2D eigenvalue weighted by Crippen LogP contribution is -1.93. The molecule has 0 radical (unpaired) electrons. The Morgan fingerprint density at radius 3 is 2.44 bits per heavy atom. The Kier molecular flexibility index (Phi) is 2.23. The van der Waals surface area contributed by atoms with E-state index in [2.05, 4.69) is 0 Å². The maximum absolute atomic E-state index is 11.7. The number of carbonyl (C=O) groups excluding carboxylic acids is 1. The Hall–Kier alpha value is -2.35. The van der Waals surface area contributed by atoms with Gasteiger partial charge < -0.3 is 4.57 Å². The monoisotopic (exact) mass is 236 g/mol. The van der Waals surface area contributed by atoms with Gasteiger partial charge in [-0.1, -0.05) is 48.5 Å². The number of rotatable bonds is 2. The van der Waals surface area contributed by atoms with E-state index in [4.69, 9.17) is 1.37 Å². The summed E-state index contributed by atoms with van der Waals surface area (Å²) in [6.45, 7) is 0. The van der Waals surface area contributed by atoms with Crippen molar-refractivity contribution in [2.45, 2.75) is 0 Å². The number of para-hydroxylation sites is 1. The molecule has 2 nitrogen and oxygen atoms in total. The molecule has 0 amide bonds. The van der Waals surface area contributed by atoms with Crippen LogP contribution in [0.15, 0.2) is 54.6 Å². The summed E-state index contributed by atoms with van der Waals surface area (Å²) in [7, 11) is 1.93. The minimum absolute atomic E-state index is 0.476. The van der Waals surface area contributed by atoms with Crippen molar-refractivity contribution in [2.24, 2.45) is 7.05 Å². The number of benzene rings is 2. The van der Waals surface area contributed by atoms with Crippen molar-refractivity contribution in [3.05, 3.63) is 60.2 Å². The molecular weight excluding hydrogens is 222 g/mol. The van der Waals surface area contributed by atoms with Gasteiger partial charge in [-0.3, -0.25) is 4.79 Å². The van der Waals surface area contributed by atoms with Crippen LogP contribution in [0, 0.1) is 0 Å². The van der Waals surface area contributed by atoms with Crippen LogP contribution >= 0.6 is 0 Å². The van der Waals surface area contributed by atoms with Crippen LogP contribution in [-0.2, 0) is 7.05 Å². The molecule has 0 fully saturated rings. The van der Waals surface area contributed by atoms with E-state index < -0.39 is 6.26 Å². The summed E-state index contributed by atoms with van der Waals surface area (Å²) in [5.41, 5.74) is 3.21. The first-order valence-corrected chi connectivity index (χ1v) is 5.84. The molecule has 0 bridgehead atoms. The molecule has 1 heterocycles. The second kappa shape index (κ2) is 4.15. The van der Waals surface area contributed by atoms with Crippen LogP contribution < -0.4 is 0 Å². The van der Waals surface area contributed by atoms with Crippen LogP contribution in [0.4, 0.5) is 0 Å². The number of aryl methyl sites for hydroxylation is 1. The van der Waals surface area contributed by atoms with E-state index in [1.54, 1.807) is 0 Å². The Morgan fingerprint density at radius 2 is 1.72 bits per heavy atom. The van der Waals surface area contributed by atoms with Gasteiger partial charge in [-0.15, -0.1) is 0 Å². The van der Waals surface area contributed by atoms with Crippen molar-refractivity contribution in [1.29, 1.82) is 0 Å². The molecule has 0 aliphatic heterocycles. The summed E-state index contributed by atoms with van der Waals surface area (Å²) in [6, 6.07) is 17.4. The number of nitrogens with zero attached hydrogens (tertiary/aromatic N) is 1. The van der Waals surface area contributed by atoms with Crippen LogP contribution in [0.25, 0.3) is 22.2 Å². The molecule has 0 unspecified atom stereocenters. The molecule has 0 spiro atoms. The SMILES string of the molecule is [2H]C(=O)c1c(-c2ccccc2)n(C)c2ccccc12. The molecule has 1 aromatic heterocycles. The van der Waals surface area contributed by atoms with Gasteiger partial charge in [0.05, 0.1) is 5.69 Å². The van der Waals surface area contributed by atoms with Crippen LogP contribution in [0.1, 0.15) is 11.7 Å². The molecular formula is C16H13NO. The van der Waals surface area contributed by atoms with Gasteiger partial charge in [-0.05, 0) is 11.6 Å². The second-order valence-electron chi connectivity index (χ2n) is 4.27. The van der Waals surface area contributed by atoms with Crippen molar-refractivity contribution < 1.29 is 6.17 Å². The van der Waals surface area contributed by atoms with Gasteiger partial charge in [0, 0.05) is 23.5 Å². The fourth-order valence-electron chi connectivity index (χ4n) is 2.43. The van der Waals surface area contributed by atoms with E-state index in [9.17, 15) is 4.79 Å². The number of aldehydes is 1. The first-order valence-electron chi connectivity index (χ1n) is 6.34. The fourth-order valence-corrected chi connectivity index (χ4v) is 2.43. The smallest absolute Gasteiger partial charge is 0.152 e. The van der Waals surface area contributed by atoms with E-state index in [-0.39, 0.29) is 0 Å². The van der Waals surface area contributed by atoms with Gasteiger partial charge in [-0.25, -0.2) is 0 Å². The molecule has 0 aliphatic rings. The standard InChI is InChI=1S/C16H13NO/c1-17-15-10-6-5-9-13(15)14(11-18)16(17)12-7-3-2-4-8-12/h2-11H,1H3/i11D. The predicted octanol–water partition coefficient (Wildman–Crippen LogP) is 3.66. The normalized spacial score (nSPS) is 11.5. The molecule has 2 heteroatoms. The first-order chi connectivity index (χ1) is 9.20. The maximum Gasteiger partial charge on any atom is 0.152 e. The van der Waals surface area contributed by atoms with Gasteiger partial charge in [0.25, 0.3) is 0 Å². The Labute approximate surface area is 107 Å². The summed E-state index contributed by atoms with van der Waals surface area (Å²) in [5.74, 6) is 0. The van der Waals surface area contributed by atoms with E-state index in [1.165, 1.54) is 0 Å². The highest BCUT2D eigenvalue weighted by Gasteiger charge is 2.15. The van der Waals surface area contributed by atoms with E-state index in [1.807, 2.05) is 66.2 Å². The number of carbonyl (C=O) groups is 1. The molecule has 18 heavy (non-hydrogen) atoms. The average molecular weight is 236 g/mol. The van der Waals surface area contributed by atoms with Crippen LogP contribution in [0.3, 0.4) is 0 Å². The molecule has 0 aliphatic carbocycles. The number of hydrogen-bond acceptors (Lipinski definition) is 1. The highest BCUT2D eigenvalue weighted by atomic mass is 16.1. The molecule has 0 saturated carbocycles. The fraction of sp³-hybridized carbons (Fsp3) is 0.0625. The zero-order chi connectivity index (χ0) is 13.4. The van der Waals surface area contributed by atoms with Gasteiger partial charge in [0.15, 0.2) is 6.26 Å². The van der Waals surface area contributed by atoms with Gasteiger partial charge >= 0.3 is 0 Å². The summed E-state index contributed by atoms with van der Waals surface area (Å²) >= 11 is 0. The van der Waals surface area contributed by atoms with Crippen molar-refractivity contribution in [3.63, 3.8) is 0 Å². The number of hydrogen-bond donors (Lipinski definition) is 0. The van der Waals surface area contributed by atoms with E-state index >= 15 is 0 Å². The lowest BCUT2D eigenvalue weighted by atomic mass is 10.1. The topological polar surface area (TPSA) is 22.0 Å². The quantitative estimate of drug-likeness (QED) is 0.622. The van der Waals surface area contributed by atoms with E-state index in [0.29, 0.717) is 5.56 Å². The minimum Gasteiger partial charge on any atom is -0.343 e. The third kappa shape index (κ3) is 1.46. The average Bonchev–Trinajstić information content (AvgIpc) is 2.74. The highest BCUT2D eigenvalue weighted by molar-refractivity contribution is 6.04. The van der Waals surface area contributed by atoms with Crippen LogP contribution in [0.2, 0.25) is 0 Å². The first kappa shape index (κ1) is 9.66. The zero-order valence-electron chi connectivity index (χ0n) is 11.1. The van der Waals surface area contributed by atoms with Crippen molar-refractivity contribution in [1.82, 2.24) is 4.57 Å². The molecule has 0 N–H and O–H groups in total. The van der Waals surface area contributed by atoms with Gasteiger partial charge in [-0.2, -0.15) is 0 Å². The van der Waals surface area contributed by atoms with Crippen LogP contribution in [-0.4, -0.2) is 10.8 Å². The van der Waals surface area contributed by atoms with Crippen molar-refractivity contribution in [3.8, 4) is 11.3 Å². The summed E-state index contributed by atoms with van der Waals surface area (Å²) in [6.07, 6.45) is -0.643. The molecule has 88 valence electrons. The highest BCUT2D eigenvalue weighted by Crippen LogP contribution is 2.31. The molecule has 0 saturated heterocycles. The summed E-state index contributed by atoms with van der Waals surface area (Å²) < 4.78 is 9.53. The molecule has 2 aromatic carbocycles. The van der Waals surface area contributed by atoms with Crippen molar-refractivity contribution in [2.75, 3.05) is 0 Å². The Bertz CT molecular complexity index is 759. The second-order valence-corrected chi connectivity index (χ2v) is 4.27. The Morgan fingerprint density at radius 1 is 1.06 bits per heavy atom. The summed E-state index contributed by atoms with van der Waals surface area (Å²) in [5, 5.41) is 0.837. The minimum atomic E-state index is -0.643. The van der Waals surface area contributed by atoms with E-state index in [0.717, 1.165) is 22.2 Å². The lowest BCUT2D eigenvalue weighted by molar-refractivity contribution is 0.112. The third-order valence-corrected chi connectivity index (χ3v) is 3.26. The number of aromatic nitrogens is 1.